The van der Waals surface area contributed by atoms with Gasteiger partial charge in [-0.2, -0.15) is 0 Å². The van der Waals surface area contributed by atoms with Gasteiger partial charge < -0.3 is 25.2 Å². The number of nitrogens with zero attached hydrogens (tertiary/aromatic N) is 2. The number of carboxylic acids is 1. The van der Waals surface area contributed by atoms with Crippen molar-refractivity contribution in [2.45, 2.75) is 13.0 Å². The van der Waals surface area contributed by atoms with Crippen molar-refractivity contribution in [1.29, 1.82) is 0 Å². The molecule has 0 radical (unpaired) electrons. The number of pyridine rings is 1. The van der Waals surface area contributed by atoms with Crippen molar-refractivity contribution in [3.63, 3.8) is 0 Å². The number of aliphatic hydroxyl groups is 1. The fourth-order valence-electron chi connectivity index (χ4n) is 3.07. The van der Waals surface area contributed by atoms with E-state index in [4.69, 9.17) is 9.84 Å². The monoisotopic (exact) mass is 411 g/mol. The summed E-state index contributed by atoms with van der Waals surface area (Å²) in [6.07, 6.45) is 1.83. The van der Waals surface area contributed by atoms with Gasteiger partial charge in [-0.15, -0.1) is 0 Å². The van der Waals surface area contributed by atoms with Crippen molar-refractivity contribution >= 4 is 17.8 Å². The predicted molar refractivity (Wildman–Crippen MR) is 107 cm³/mol. The molecule has 1 aliphatic heterocycles. The maximum Gasteiger partial charge on any atom is 0.322 e. The first-order valence-corrected chi connectivity index (χ1v) is 9.19. The Hall–Kier alpha value is -3.88. The molecule has 30 heavy (non-hydrogen) atoms. The topological polar surface area (TPSA) is 129 Å². The SMILES string of the molecule is COc1ccc(-c2ccc(CN3CCC(O)=C(C(=O)NCC(=O)O)C3=O)cc2)cn1. The van der Waals surface area contributed by atoms with E-state index in [0.717, 1.165) is 16.7 Å². The Morgan fingerprint density at radius 3 is 2.47 bits per heavy atom. The first kappa shape index (κ1) is 20.8. The number of hydrogen-bond acceptors (Lipinski definition) is 6. The van der Waals surface area contributed by atoms with Gasteiger partial charge in [0.1, 0.15) is 17.9 Å². The zero-order valence-corrected chi connectivity index (χ0v) is 16.3. The van der Waals surface area contributed by atoms with Crippen LogP contribution in [0.1, 0.15) is 12.0 Å². The highest BCUT2D eigenvalue weighted by Crippen LogP contribution is 2.23. The number of aliphatic carboxylic acids is 1. The molecule has 1 aromatic heterocycles. The van der Waals surface area contributed by atoms with E-state index in [2.05, 4.69) is 10.3 Å². The van der Waals surface area contributed by atoms with E-state index >= 15 is 0 Å². The van der Waals surface area contributed by atoms with Crippen molar-refractivity contribution in [3.8, 4) is 17.0 Å². The Morgan fingerprint density at radius 2 is 1.87 bits per heavy atom. The van der Waals surface area contributed by atoms with Gasteiger partial charge in [0.15, 0.2) is 0 Å². The lowest BCUT2D eigenvalue weighted by Crippen LogP contribution is -2.43. The summed E-state index contributed by atoms with van der Waals surface area (Å²) < 4.78 is 5.05. The van der Waals surface area contributed by atoms with Crippen LogP contribution in [0, 0.1) is 0 Å². The average Bonchev–Trinajstić information content (AvgIpc) is 2.75. The second-order valence-corrected chi connectivity index (χ2v) is 6.66. The third-order valence-corrected chi connectivity index (χ3v) is 4.64. The van der Waals surface area contributed by atoms with E-state index in [0.29, 0.717) is 5.88 Å². The number of methoxy groups -OCH3 is 1. The van der Waals surface area contributed by atoms with Crippen LogP contribution in [-0.4, -0.2) is 58.1 Å². The second kappa shape index (κ2) is 9.08. The molecule has 9 heteroatoms. The van der Waals surface area contributed by atoms with E-state index in [-0.39, 0.29) is 25.3 Å². The molecule has 0 fully saturated rings. The lowest BCUT2D eigenvalue weighted by molar-refractivity contribution is -0.138. The van der Waals surface area contributed by atoms with E-state index in [1.54, 1.807) is 19.4 Å². The molecule has 0 unspecified atom stereocenters. The quantitative estimate of drug-likeness (QED) is 0.589. The van der Waals surface area contributed by atoms with Crippen LogP contribution in [0.2, 0.25) is 0 Å². The third kappa shape index (κ3) is 4.75. The van der Waals surface area contributed by atoms with E-state index in [1.807, 2.05) is 30.3 Å². The first-order chi connectivity index (χ1) is 14.4. The largest absolute Gasteiger partial charge is 0.511 e. The maximum absolute atomic E-state index is 12.7. The molecule has 2 amide bonds. The molecule has 0 saturated heterocycles. The van der Waals surface area contributed by atoms with Crippen LogP contribution in [0.3, 0.4) is 0 Å². The summed E-state index contributed by atoms with van der Waals surface area (Å²) in [6.45, 7) is -0.127. The van der Waals surface area contributed by atoms with Gasteiger partial charge in [0, 0.05) is 37.3 Å². The van der Waals surface area contributed by atoms with Gasteiger partial charge in [-0.1, -0.05) is 24.3 Å². The molecule has 1 aliphatic rings. The molecule has 2 aromatic rings. The maximum atomic E-state index is 12.7. The minimum absolute atomic E-state index is 0.122. The molecule has 0 saturated carbocycles. The lowest BCUT2D eigenvalue weighted by atomic mass is 10.0. The van der Waals surface area contributed by atoms with E-state index < -0.39 is 29.9 Å². The summed E-state index contributed by atoms with van der Waals surface area (Å²) in [6, 6.07) is 11.2. The van der Waals surface area contributed by atoms with Crippen molar-refractivity contribution in [2.75, 3.05) is 20.2 Å². The number of aliphatic hydroxyl groups excluding tert-OH is 1. The Balaban J connectivity index is 1.69. The number of amides is 2. The van der Waals surface area contributed by atoms with Gasteiger partial charge in [-0.3, -0.25) is 14.4 Å². The smallest absolute Gasteiger partial charge is 0.322 e. The number of hydrogen-bond donors (Lipinski definition) is 3. The van der Waals surface area contributed by atoms with Gasteiger partial charge in [-0.25, -0.2) is 4.98 Å². The van der Waals surface area contributed by atoms with Crippen molar-refractivity contribution < 1.29 is 29.3 Å². The molecular weight excluding hydrogens is 390 g/mol. The minimum atomic E-state index is -1.24. The zero-order chi connectivity index (χ0) is 21.7. The normalized spacial score (nSPS) is 13.9. The summed E-state index contributed by atoms with van der Waals surface area (Å²) in [5.74, 6) is -2.58. The summed E-state index contributed by atoms with van der Waals surface area (Å²) in [7, 11) is 1.55. The molecular formula is C21H21N3O6. The lowest BCUT2D eigenvalue weighted by Gasteiger charge is -2.28. The van der Waals surface area contributed by atoms with Gasteiger partial charge in [-0.05, 0) is 17.2 Å². The number of ether oxygens (including phenoxy) is 1. The van der Waals surface area contributed by atoms with Crippen LogP contribution in [-0.2, 0) is 20.9 Å². The van der Waals surface area contributed by atoms with Gasteiger partial charge >= 0.3 is 5.97 Å². The van der Waals surface area contributed by atoms with Crippen LogP contribution in [0.5, 0.6) is 5.88 Å². The summed E-state index contributed by atoms with van der Waals surface area (Å²) in [5, 5.41) is 20.8. The number of aromatic nitrogens is 1. The van der Waals surface area contributed by atoms with Crippen LogP contribution in [0.15, 0.2) is 53.9 Å². The molecule has 0 aliphatic carbocycles. The van der Waals surface area contributed by atoms with Gasteiger partial charge in [0.2, 0.25) is 5.88 Å². The standard InChI is InChI=1S/C21H21N3O6/c1-30-17-7-6-15(10-22-17)14-4-2-13(3-5-14)12-24-9-8-16(25)19(21(24)29)20(28)23-11-18(26)27/h2-7,10,25H,8-9,11-12H2,1H3,(H,23,28)(H,26,27). The van der Waals surface area contributed by atoms with Gasteiger partial charge in [0.25, 0.3) is 11.8 Å². The number of carbonyl (C=O) groups is 3. The Kier molecular flexibility index (Phi) is 6.31. The molecule has 1 aromatic carbocycles. The van der Waals surface area contributed by atoms with Crippen molar-refractivity contribution in [1.82, 2.24) is 15.2 Å². The molecule has 0 atom stereocenters. The van der Waals surface area contributed by atoms with E-state index in [1.165, 1.54) is 4.90 Å². The summed E-state index contributed by atoms with van der Waals surface area (Å²) >= 11 is 0. The highest BCUT2D eigenvalue weighted by Gasteiger charge is 2.32. The average molecular weight is 411 g/mol. The molecule has 2 heterocycles. The Morgan fingerprint density at radius 1 is 1.17 bits per heavy atom. The van der Waals surface area contributed by atoms with Crippen LogP contribution >= 0.6 is 0 Å². The minimum Gasteiger partial charge on any atom is -0.511 e. The summed E-state index contributed by atoms with van der Waals surface area (Å²) in [5.41, 5.74) is 2.30. The first-order valence-electron chi connectivity index (χ1n) is 9.19. The molecule has 0 spiro atoms. The van der Waals surface area contributed by atoms with E-state index in [9.17, 15) is 19.5 Å². The number of carbonyl (C=O) groups excluding carboxylic acids is 2. The number of benzene rings is 1. The van der Waals surface area contributed by atoms with Crippen LogP contribution < -0.4 is 10.1 Å². The Labute approximate surface area is 172 Å². The third-order valence-electron chi connectivity index (χ3n) is 4.64. The highest BCUT2D eigenvalue weighted by atomic mass is 16.5. The number of nitrogens with one attached hydrogen (secondary N) is 1. The Bertz CT molecular complexity index is 983. The summed E-state index contributed by atoms with van der Waals surface area (Å²) in [4.78, 5) is 41.0. The molecule has 156 valence electrons. The fourth-order valence-corrected chi connectivity index (χ4v) is 3.07. The van der Waals surface area contributed by atoms with Gasteiger partial charge in [0.05, 0.1) is 7.11 Å². The molecule has 3 rings (SSSR count). The zero-order valence-electron chi connectivity index (χ0n) is 16.3. The van der Waals surface area contributed by atoms with Crippen molar-refractivity contribution in [3.05, 3.63) is 59.5 Å². The fraction of sp³-hybridized carbons (Fsp3) is 0.238. The molecule has 0 bridgehead atoms. The van der Waals surface area contributed by atoms with Crippen molar-refractivity contribution in [2.24, 2.45) is 0 Å². The molecule has 9 nitrogen and oxygen atoms in total. The molecule has 3 N–H and O–H groups in total. The van der Waals surface area contributed by atoms with Crippen LogP contribution in [0.25, 0.3) is 11.1 Å². The predicted octanol–water partition coefficient (Wildman–Crippen LogP) is 1.50. The second-order valence-electron chi connectivity index (χ2n) is 6.66. The van der Waals surface area contributed by atoms with Crippen LogP contribution in [0.4, 0.5) is 0 Å². The number of carboxylic acid groups (broad SMARTS) is 1. The highest BCUT2D eigenvalue weighted by molar-refractivity contribution is 6.19. The number of rotatable bonds is 7.